The van der Waals surface area contributed by atoms with E-state index in [2.05, 4.69) is 0 Å². The van der Waals surface area contributed by atoms with Crippen LogP contribution in [0.3, 0.4) is 0 Å². The Morgan fingerprint density at radius 1 is 0.857 bits per heavy atom. The second-order valence-corrected chi connectivity index (χ2v) is 5.67. The van der Waals surface area contributed by atoms with Crippen molar-refractivity contribution in [1.82, 2.24) is 0 Å². The molecule has 110 valence electrons. The first-order valence-electron chi connectivity index (χ1n) is 6.34. The molecule has 0 aliphatic heterocycles. The van der Waals surface area contributed by atoms with Gasteiger partial charge >= 0.3 is 0 Å². The Labute approximate surface area is 125 Å². The number of hydrogen-bond acceptors (Lipinski definition) is 4. The number of aldehydes is 1. The largest absolute Gasteiger partial charge is 0.497 e. The van der Waals surface area contributed by atoms with Crippen molar-refractivity contribution in [3.8, 4) is 17.2 Å². The Balaban J connectivity index is 2.32. The quantitative estimate of drug-likeness (QED) is 0.606. The number of hydrogen-bond donors (Lipinski definition) is 0. The Hall–Kier alpha value is -2.06. The van der Waals surface area contributed by atoms with Gasteiger partial charge < -0.3 is 14.2 Å². The lowest BCUT2D eigenvalue weighted by Crippen LogP contribution is -2.07. The topological polar surface area (TPSA) is 44.8 Å². The van der Waals surface area contributed by atoms with Crippen molar-refractivity contribution in [2.45, 2.75) is 0 Å². The van der Waals surface area contributed by atoms with Crippen LogP contribution in [0.1, 0.15) is 10.4 Å². The summed E-state index contributed by atoms with van der Waals surface area (Å²) >= 11 is 0. The van der Waals surface area contributed by atoms with E-state index < -0.39 is 0 Å². The summed E-state index contributed by atoms with van der Waals surface area (Å²) in [5.74, 6) is 1.88. The van der Waals surface area contributed by atoms with E-state index in [0.29, 0.717) is 25.6 Å². The van der Waals surface area contributed by atoms with E-state index in [4.69, 9.17) is 14.2 Å². The molecule has 0 fully saturated rings. The average Bonchev–Trinajstić information content (AvgIpc) is 2.54. The molecule has 0 radical (unpaired) electrons. The molecule has 0 N–H and O–H groups in total. The summed E-state index contributed by atoms with van der Waals surface area (Å²) in [6.45, 7) is 0. The van der Waals surface area contributed by atoms with Gasteiger partial charge in [0.05, 0.1) is 26.9 Å². The zero-order valence-electron chi connectivity index (χ0n) is 12.2. The lowest BCUT2D eigenvalue weighted by molar-refractivity contribution is 0.111. The van der Waals surface area contributed by atoms with Gasteiger partial charge in [0.15, 0.2) is 6.29 Å². The molecule has 2 aromatic carbocycles. The van der Waals surface area contributed by atoms with Crippen LogP contribution in [0, 0.1) is 0 Å². The van der Waals surface area contributed by atoms with Crippen molar-refractivity contribution in [2.75, 3.05) is 21.3 Å². The Morgan fingerprint density at radius 2 is 1.43 bits per heavy atom. The summed E-state index contributed by atoms with van der Waals surface area (Å²) in [7, 11) is 5.17. The van der Waals surface area contributed by atoms with Crippen LogP contribution in [0.5, 0.6) is 17.2 Å². The van der Waals surface area contributed by atoms with Gasteiger partial charge in [-0.05, 0) is 34.9 Å². The minimum absolute atomic E-state index is 0.434. The van der Waals surface area contributed by atoms with Crippen LogP contribution in [-0.4, -0.2) is 27.6 Å². The first kappa shape index (κ1) is 15.3. The van der Waals surface area contributed by atoms with Crippen molar-refractivity contribution >= 4 is 25.5 Å². The van der Waals surface area contributed by atoms with Crippen LogP contribution in [0.25, 0.3) is 0 Å². The molecule has 0 heterocycles. The van der Waals surface area contributed by atoms with E-state index >= 15 is 0 Å². The molecule has 0 aliphatic carbocycles. The summed E-state index contributed by atoms with van der Waals surface area (Å²) in [5, 5.41) is 2.21. The predicted molar refractivity (Wildman–Crippen MR) is 85.5 cm³/mol. The normalized spacial score (nSPS) is 10.6. The standard InChI is InChI=1S/C16H17O4P/c1-18-11-4-6-12(7-5-11)21-13-8-15(19-2)14(10-17)16(9-13)20-3/h4-10,21H,1-3H3. The third-order valence-corrected chi connectivity index (χ3v) is 4.24. The molecule has 1 atom stereocenters. The van der Waals surface area contributed by atoms with E-state index in [0.717, 1.165) is 17.3 Å². The zero-order chi connectivity index (χ0) is 15.2. The smallest absolute Gasteiger partial charge is 0.157 e. The Morgan fingerprint density at radius 3 is 1.86 bits per heavy atom. The zero-order valence-corrected chi connectivity index (χ0v) is 13.2. The molecule has 21 heavy (non-hydrogen) atoms. The summed E-state index contributed by atoms with van der Waals surface area (Å²) in [6, 6.07) is 11.6. The van der Waals surface area contributed by atoms with Crippen molar-refractivity contribution in [2.24, 2.45) is 0 Å². The number of rotatable bonds is 6. The van der Waals surface area contributed by atoms with Crippen LogP contribution in [0.15, 0.2) is 36.4 Å². The van der Waals surface area contributed by atoms with Crippen molar-refractivity contribution < 1.29 is 19.0 Å². The van der Waals surface area contributed by atoms with Gasteiger partial charge in [0.2, 0.25) is 0 Å². The molecule has 0 saturated carbocycles. The van der Waals surface area contributed by atoms with E-state index in [1.165, 1.54) is 5.30 Å². The summed E-state index contributed by atoms with van der Waals surface area (Å²) in [4.78, 5) is 11.1. The van der Waals surface area contributed by atoms with Crippen LogP contribution >= 0.6 is 8.58 Å². The monoisotopic (exact) mass is 304 g/mol. The number of benzene rings is 2. The van der Waals surface area contributed by atoms with Gasteiger partial charge in [-0.15, -0.1) is 0 Å². The summed E-state index contributed by atoms with van der Waals surface area (Å²) in [5.41, 5.74) is 0.434. The molecule has 0 saturated heterocycles. The van der Waals surface area contributed by atoms with Gasteiger partial charge in [-0.1, -0.05) is 20.7 Å². The van der Waals surface area contributed by atoms with Crippen molar-refractivity contribution in [3.63, 3.8) is 0 Å². The van der Waals surface area contributed by atoms with Gasteiger partial charge in [-0.25, -0.2) is 0 Å². The molecular weight excluding hydrogens is 287 g/mol. The minimum Gasteiger partial charge on any atom is -0.497 e. The maximum Gasteiger partial charge on any atom is 0.157 e. The van der Waals surface area contributed by atoms with Gasteiger partial charge in [0.25, 0.3) is 0 Å². The van der Waals surface area contributed by atoms with Gasteiger partial charge in [-0.3, -0.25) is 4.79 Å². The minimum atomic E-state index is 0.434. The molecular formula is C16H17O4P. The molecule has 0 aromatic heterocycles. The molecule has 0 aliphatic rings. The number of ether oxygens (including phenoxy) is 3. The van der Waals surface area contributed by atoms with E-state index in [1.807, 2.05) is 36.4 Å². The second-order valence-electron chi connectivity index (χ2n) is 4.27. The maximum absolute atomic E-state index is 11.1. The first-order chi connectivity index (χ1) is 10.2. The molecule has 1 unspecified atom stereocenters. The highest BCUT2D eigenvalue weighted by Gasteiger charge is 2.12. The second kappa shape index (κ2) is 7.09. The van der Waals surface area contributed by atoms with Crippen molar-refractivity contribution in [1.29, 1.82) is 0 Å². The fourth-order valence-electron chi connectivity index (χ4n) is 1.97. The van der Waals surface area contributed by atoms with Crippen LogP contribution < -0.4 is 24.8 Å². The maximum atomic E-state index is 11.1. The molecule has 5 heteroatoms. The highest BCUT2D eigenvalue weighted by Crippen LogP contribution is 2.28. The predicted octanol–water partition coefficient (Wildman–Crippen LogP) is 2.15. The highest BCUT2D eigenvalue weighted by molar-refractivity contribution is 7.55. The first-order valence-corrected chi connectivity index (χ1v) is 7.34. The van der Waals surface area contributed by atoms with Gasteiger partial charge in [0.1, 0.15) is 17.2 Å². The lowest BCUT2D eigenvalue weighted by atomic mass is 10.2. The number of methoxy groups -OCH3 is 3. The van der Waals surface area contributed by atoms with Crippen LogP contribution in [0.4, 0.5) is 0 Å². The number of carbonyl (C=O) groups excluding carboxylic acids is 1. The third-order valence-electron chi connectivity index (χ3n) is 3.04. The van der Waals surface area contributed by atoms with E-state index in [-0.39, 0.29) is 0 Å². The number of carbonyl (C=O) groups is 1. The highest BCUT2D eigenvalue weighted by atomic mass is 31.1. The summed E-state index contributed by atoms with van der Waals surface area (Å²) in [6.07, 6.45) is 0.748. The van der Waals surface area contributed by atoms with Gasteiger partial charge in [0, 0.05) is 0 Å². The average molecular weight is 304 g/mol. The fraction of sp³-hybridized carbons (Fsp3) is 0.188. The van der Waals surface area contributed by atoms with E-state index in [1.54, 1.807) is 21.3 Å². The molecule has 2 rings (SSSR count). The SMILES string of the molecule is COc1ccc(Pc2cc(OC)c(C=O)c(OC)c2)cc1. The molecule has 0 bridgehead atoms. The molecule has 4 nitrogen and oxygen atoms in total. The van der Waals surface area contributed by atoms with E-state index in [9.17, 15) is 4.79 Å². The fourth-order valence-corrected chi connectivity index (χ4v) is 3.04. The van der Waals surface area contributed by atoms with Crippen LogP contribution in [-0.2, 0) is 0 Å². The van der Waals surface area contributed by atoms with Gasteiger partial charge in [-0.2, -0.15) is 0 Å². The molecule has 2 aromatic rings. The Kier molecular flexibility index (Phi) is 5.18. The Bertz CT molecular complexity index is 598. The third kappa shape index (κ3) is 3.53. The summed E-state index contributed by atoms with van der Waals surface area (Å²) < 4.78 is 15.7. The lowest BCUT2D eigenvalue weighted by Gasteiger charge is -2.12. The molecule has 0 amide bonds. The van der Waals surface area contributed by atoms with Crippen LogP contribution in [0.2, 0.25) is 0 Å². The molecule has 0 spiro atoms. The van der Waals surface area contributed by atoms with Crippen molar-refractivity contribution in [3.05, 3.63) is 42.0 Å².